The largest absolute Gasteiger partial charge is 0.381 e. The van der Waals surface area contributed by atoms with Gasteiger partial charge in [0, 0.05) is 57.0 Å². The maximum absolute atomic E-state index is 12.1. The number of carbonyl (C=O) groups excluding carboxylic acids is 1. The van der Waals surface area contributed by atoms with Gasteiger partial charge in [0.1, 0.15) is 0 Å². The predicted octanol–water partition coefficient (Wildman–Crippen LogP) is 3.51. The van der Waals surface area contributed by atoms with Crippen LogP contribution in [0.2, 0.25) is 0 Å². The summed E-state index contributed by atoms with van der Waals surface area (Å²) in [4.78, 5) is 18.6. The van der Waals surface area contributed by atoms with Crippen LogP contribution in [0.1, 0.15) is 36.0 Å². The van der Waals surface area contributed by atoms with Crippen LogP contribution >= 0.6 is 39.9 Å². The van der Waals surface area contributed by atoms with E-state index < -0.39 is 0 Å². The topological polar surface area (TPSA) is 66.0 Å². The molecule has 1 saturated heterocycles. The van der Waals surface area contributed by atoms with Gasteiger partial charge in [-0.2, -0.15) is 0 Å². The molecule has 1 aliphatic heterocycles. The third-order valence-corrected chi connectivity index (χ3v) is 5.29. The van der Waals surface area contributed by atoms with Gasteiger partial charge < -0.3 is 20.3 Å². The van der Waals surface area contributed by atoms with E-state index in [1.165, 1.54) is 6.42 Å². The molecule has 2 N–H and O–H groups in total. The van der Waals surface area contributed by atoms with Crippen LogP contribution in [-0.4, -0.2) is 63.7 Å². The average Bonchev–Trinajstić information content (AvgIpc) is 2.69. The molecule has 1 amide bonds. The number of guanidine groups is 1. The molecule has 28 heavy (non-hydrogen) atoms. The number of hydrogen-bond donors (Lipinski definition) is 2. The molecule has 1 aromatic carbocycles. The minimum atomic E-state index is -0.0470. The molecule has 1 aliphatic rings. The highest BCUT2D eigenvalue weighted by molar-refractivity contribution is 14.0. The number of ether oxygens (including phenoxy) is 1. The molecule has 1 fully saturated rings. The lowest BCUT2D eigenvalue weighted by molar-refractivity contribution is 0.0625. The van der Waals surface area contributed by atoms with E-state index in [4.69, 9.17) is 4.74 Å². The summed E-state index contributed by atoms with van der Waals surface area (Å²) in [5.41, 5.74) is 0.668. The number of amides is 1. The highest BCUT2D eigenvalue weighted by atomic mass is 127. The molecule has 0 bridgehead atoms. The molecule has 0 radical (unpaired) electrons. The van der Waals surface area contributed by atoms with Crippen LogP contribution < -0.4 is 10.6 Å². The Kier molecular flexibility index (Phi) is 12.7. The molecule has 158 valence electrons. The van der Waals surface area contributed by atoms with E-state index in [0.717, 1.165) is 61.9 Å². The second-order valence-corrected chi connectivity index (χ2v) is 7.78. The quantitative estimate of drug-likeness (QED) is 0.219. The summed E-state index contributed by atoms with van der Waals surface area (Å²) in [6, 6.07) is 7.40. The second kappa shape index (κ2) is 14.2. The van der Waals surface area contributed by atoms with Gasteiger partial charge in [-0.25, -0.2) is 0 Å². The molecule has 1 heterocycles. The maximum Gasteiger partial charge on any atom is 0.251 e. The van der Waals surface area contributed by atoms with Gasteiger partial charge in [0.2, 0.25) is 0 Å². The highest BCUT2D eigenvalue weighted by Crippen LogP contribution is 2.18. The van der Waals surface area contributed by atoms with Gasteiger partial charge in [0.05, 0.1) is 0 Å². The Labute approximate surface area is 194 Å². The summed E-state index contributed by atoms with van der Waals surface area (Å²) in [7, 11) is 3.88. The van der Waals surface area contributed by atoms with Crippen LogP contribution in [0.4, 0.5) is 0 Å². The van der Waals surface area contributed by atoms with E-state index in [1.807, 2.05) is 31.3 Å². The fourth-order valence-electron chi connectivity index (χ4n) is 3.12. The summed E-state index contributed by atoms with van der Waals surface area (Å²) in [6.07, 6.45) is 4.34. The Morgan fingerprint density at radius 1 is 1.29 bits per heavy atom. The number of halogens is 2. The van der Waals surface area contributed by atoms with Gasteiger partial charge in [-0.15, -0.1) is 24.0 Å². The van der Waals surface area contributed by atoms with Crippen LogP contribution in [0.25, 0.3) is 0 Å². The molecule has 0 spiro atoms. The van der Waals surface area contributed by atoms with Crippen molar-refractivity contribution in [3.63, 3.8) is 0 Å². The van der Waals surface area contributed by atoms with E-state index >= 15 is 0 Å². The Balaban J connectivity index is 0.00000392. The van der Waals surface area contributed by atoms with Crippen molar-refractivity contribution in [3.8, 4) is 0 Å². The van der Waals surface area contributed by atoms with Gasteiger partial charge in [-0.05, 0) is 49.8 Å². The summed E-state index contributed by atoms with van der Waals surface area (Å²) >= 11 is 3.38. The number of rotatable bonds is 8. The fourth-order valence-corrected chi connectivity index (χ4v) is 3.52. The van der Waals surface area contributed by atoms with Crippen molar-refractivity contribution in [2.45, 2.75) is 25.7 Å². The lowest BCUT2D eigenvalue weighted by Gasteiger charge is -2.26. The third kappa shape index (κ3) is 9.09. The molecule has 0 saturated carbocycles. The average molecular weight is 567 g/mol. The SMILES string of the molecule is CN=C(NCCCNC(=O)c1cccc(Br)c1)N(C)CCC1CCOCC1.I. The number of nitrogens with zero attached hydrogens (tertiary/aromatic N) is 2. The molecule has 6 nitrogen and oxygen atoms in total. The first-order valence-electron chi connectivity index (χ1n) is 9.63. The lowest BCUT2D eigenvalue weighted by atomic mass is 9.96. The number of benzene rings is 1. The van der Waals surface area contributed by atoms with Crippen molar-refractivity contribution in [2.75, 3.05) is 46.9 Å². The zero-order valence-corrected chi connectivity index (χ0v) is 20.7. The highest BCUT2D eigenvalue weighted by Gasteiger charge is 2.15. The van der Waals surface area contributed by atoms with E-state index in [2.05, 4.69) is 43.5 Å². The normalized spacial score (nSPS) is 14.9. The van der Waals surface area contributed by atoms with Crippen molar-refractivity contribution in [1.82, 2.24) is 15.5 Å². The summed E-state index contributed by atoms with van der Waals surface area (Å²) in [5.74, 6) is 1.61. The van der Waals surface area contributed by atoms with Crippen LogP contribution in [-0.2, 0) is 4.74 Å². The smallest absolute Gasteiger partial charge is 0.251 e. The van der Waals surface area contributed by atoms with Crippen molar-refractivity contribution in [1.29, 1.82) is 0 Å². The first-order chi connectivity index (χ1) is 13.1. The van der Waals surface area contributed by atoms with Crippen molar-refractivity contribution in [2.24, 2.45) is 10.9 Å². The zero-order chi connectivity index (χ0) is 19.5. The van der Waals surface area contributed by atoms with E-state index in [0.29, 0.717) is 12.1 Å². The van der Waals surface area contributed by atoms with E-state index in [1.54, 1.807) is 0 Å². The van der Waals surface area contributed by atoms with E-state index in [9.17, 15) is 4.79 Å². The molecular weight excluding hydrogens is 535 g/mol. The van der Waals surface area contributed by atoms with Gasteiger partial charge in [0.15, 0.2) is 5.96 Å². The Bertz CT molecular complexity index is 624. The Hall–Kier alpha value is -0.870. The lowest BCUT2D eigenvalue weighted by Crippen LogP contribution is -2.41. The minimum Gasteiger partial charge on any atom is -0.381 e. The Morgan fingerprint density at radius 3 is 2.68 bits per heavy atom. The summed E-state index contributed by atoms with van der Waals surface area (Å²) < 4.78 is 6.33. The van der Waals surface area contributed by atoms with Crippen LogP contribution in [0.3, 0.4) is 0 Å². The maximum atomic E-state index is 12.1. The van der Waals surface area contributed by atoms with E-state index in [-0.39, 0.29) is 29.9 Å². The first-order valence-corrected chi connectivity index (χ1v) is 10.4. The molecular formula is C20H32BrIN4O2. The van der Waals surface area contributed by atoms with Gasteiger partial charge >= 0.3 is 0 Å². The summed E-state index contributed by atoms with van der Waals surface area (Å²) in [6.45, 7) is 4.18. The van der Waals surface area contributed by atoms with Crippen molar-refractivity contribution < 1.29 is 9.53 Å². The number of nitrogens with one attached hydrogen (secondary N) is 2. The molecule has 0 aromatic heterocycles. The number of carbonyl (C=O) groups is 1. The molecule has 0 atom stereocenters. The Morgan fingerprint density at radius 2 is 2.00 bits per heavy atom. The van der Waals surface area contributed by atoms with Gasteiger partial charge in [0.25, 0.3) is 5.91 Å². The first kappa shape index (κ1) is 25.2. The zero-order valence-electron chi connectivity index (χ0n) is 16.7. The molecule has 0 unspecified atom stereocenters. The number of hydrogen-bond acceptors (Lipinski definition) is 3. The van der Waals surface area contributed by atoms with Gasteiger partial charge in [-0.1, -0.05) is 22.0 Å². The second-order valence-electron chi connectivity index (χ2n) is 6.86. The van der Waals surface area contributed by atoms with Crippen LogP contribution in [0, 0.1) is 5.92 Å². The predicted molar refractivity (Wildman–Crippen MR) is 129 cm³/mol. The van der Waals surface area contributed by atoms with Crippen LogP contribution in [0.15, 0.2) is 33.7 Å². The molecule has 2 rings (SSSR count). The molecule has 1 aromatic rings. The van der Waals surface area contributed by atoms with Crippen LogP contribution in [0.5, 0.6) is 0 Å². The van der Waals surface area contributed by atoms with Crippen molar-refractivity contribution >= 4 is 51.8 Å². The van der Waals surface area contributed by atoms with Gasteiger partial charge in [-0.3, -0.25) is 9.79 Å². The molecule has 0 aliphatic carbocycles. The minimum absolute atomic E-state index is 0. The van der Waals surface area contributed by atoms with Crippen molar-refractivity contribution in [3.05, 3.63) is 34.3 Å². The standard InChI is InChI=1S/C20H31BrN4O2.HI/c1-22-20(25(2)12-7-16-8-13-27-14-9-16)24-11-4-10-23-19(26)17-5-3-6-18(21)15-17;/h3,5-6,15-16H,4,7-14H2,1-2H3,(H,22,24)(H,23,26);1H. The third-order valence-electron chi connectivity index (χ3n) is 4.80. The summed E-state index contributed by atoms with van der Waals surface area (Å²) in [5, 5.41) is 6.32. The number of aliphatic imine (C=N–C) groups is 1. The monoisotopic (exact) mass is 566 g/mol. The molecule has 8 heteroatoms. The fraction of sp³-hybridized carbons (Fsp3) is 0.600.